The standard InChI is InChI=1S/C23H20FN3O3S2/c1-30-18-8-4-16(5-9-18)13-27-22(29)21-19(10-11-31-21)26-23(27)32-14-20(28)25-12-15-2-6-17(24)7-3-15/h2-11H,12-14H2,1H3,(H,25,28). The second kappa shape index (κ2) is 9.97. The van der Waals surface area contributed by atoms with E-state index >= 15 is 0 Å². The van der Waals surface area contributed by atoms with E-state index in [1.807, 2.05) is 29.6 Å². The summed E-state index contributed by atoms with van der Waals surface area (Å²) in [6.07, 6.45) is 0. The van der Waals surface area contributed by atoms with Crippen molar-refractivity contribution in [2.75, 3.05) is 12.9 Å². The van der Waals surface area contributed by atoms with Crippen molar-refractivity contribution in [2.24, 2.45) is 0 Å². The number of halogens is 1. The van der Waals surface area contributed by atoms with Crippen LogP contribution in [0.3, 0.4) is 0 Å². The molecule has 0 aliphatic heterocycles. The topological polar surface area (TPSA) is 73.2 Å². The van der Waals surface area contributed by atoms with Gasteiger partial charge in [-0.25, -0.2) is 9.37 Å². The number of hydrogen-bond donors (Lipinski definition) is 1. The van der Waals surface area contributed by atoms with Crippen LogP contribution >= 0.6 is 23.1 Å². The maximum Gasteiger partial charge on any atom is 0.272 e. The average Bonchev–Trinajstić information content (AvgIpc) is 3.29. The number of amides is 1. The van der Waals surface area contributed by atoms with E-state index in [0.717, 1.165) is 16.9 Å². The van der Waals surface area contributed by atoms with E-state index in [9.17, 15) is 14.0 Å². The fourth-order valence-electron chi connectivity index (χ4n) is 3.07. The Morgan fingerprint density at radius 3 is 2.56 bits per heavy atom. The molecule has 0 radical (unpaired) electrons. The van der Waals surface area contributed by atoms with Gasteiger partial charge in [0.25, 0.3) is 5.56 Å². The Bertz CT molecular complexity index is 1280. The third-order valence-corrected chi connectivity index (χ3v) is 6.63. The van der Waals surface area contributed by atoms with Crippen molar-refractivity contribution >= 4 is 39.2 Å². The number of hydrogen-bond acceptors (Lipinski definition) is 6. The highest BCUT2D eigenvalue weighted by atomic mass is 32.2. The van der Waals surface area contributed by atoms with Gasteiger partial charge in [0.1, 0.15) is 16.3 Å². The molecule has 2 aromatic heterocycles. The molecule has 0 bridgehead atoms. The number of nitrogens with one attached hydrogen (secondary N) is 1. The Balaban J connectivity index is 1.50. The van der Waals surface area contributed by atoms with Crippen LogP contribution in [0.15, 0.2) is 69.9 Å². The number of ether oxygens (including phenoxy) is 1. The van der Waals surface area contributed by atoms with Gasteiger partial charge in [-0.1, -0.05) is 36.0 Å². The van der Waals surface area contributed by atoms with E-state index in [4.69, 9.17) is 4.74 Å². The number of rotatable bonds is 8. The molecule has 4 rings (SSSR count). The van der Waals surface area contributed by atoms with E-state index < -0.39 is 0 Å². The van der Waals surface area contributed by atoms with Crippen LogP contribution in [-0.2, 0) is 17.9 Å². The molecule has 4 aromatic rings. The van der Waals surface area contributed by atoms with Crippen molar-refractivity contribution in [3.8, 4) is 5.75 Å². The first kappa shape index (κ1) is 22.0. The molecular weight excluding hydrogens is 449 g/mol. The molecule has 0 aliphatic rings. The quantitative estimate of drug-likeness (QED) is 0.311. The van der Waals surface area contributed by atoms with E-state index in [-0.39, 0.29) is 23.0 Å². The van der Waals surface area contributed by atoms with Crippen LogP contribution in [0, 0.1) is 5.82 Å². The Hall–Kier alpha value is -3.17. The molecule has 0 aliphatic carbocycles. The molecule has 1 amide bonds. The number of carbonyl (C=O) groups excluding carboxylic acids is 1. The van der Waals surface area contributed by atoms with Gasteiger partial charge < -0.3 is 10.1 Å². The summed E-state index contributed by atoms with van der Waals surface area (Å²) in [5, 5.41) is 5.12. The normalized spacial score (nSPS) is 10.9. The van der Waals surface area contributed by atoms with Gasteiger partial charge in [0.05, 0.1) is 24.9 Å². The number of fused-ring (bicyclic) bond motifs is 1. The molecule has 2 aromatic carbocycles. The fraction of sp³-hybridized carbons (Fsp3) is 0.174. The zero-order valence-corrected chi connectivity index (χ0v) is 18.8. The number of benzene rings is 2. The molecule has 164 valence electrons. The summed E-state index contributed by atoms with van der Waals surface area (Å²) in [5.74, 6) is 0.321. The molecule has 32 heavy (non-hydrogen) atoms. The third kappa shape index (κ3) is 5.17. The molecule has 0 unspecified atom stereocenters. The van der Waals surface area contributed by atoms with Crippen molar-refractivity contribution < 1.29 is 13.9 Å². The summed E-state index contributed by atoms with van der Waals surface area (Å²) in [4.78, 5) is 30.1. The van der Waals surface area contributed by atoms with Crippen LogP contribution in [0.2, 0.25) is 0 Å². The van der Waals surface area contributed by atoms with Crippen molar-refractivity contribution in [3.63, 3.8) is 0 Å². The molecule has 0 spiro atoms. The molecule has 2 heterocycles. The lowest BCUT2D eigenvalue weighted by Gasteiger charge is -2.12. The van der Waals surface area contributed by atoms with Crippen LogP contribution in [0.5, 0.6) is 5.75 Å². The first-order chi connectivity index (χ1) is 15.5. The average molecular weight is 470 g/mol. The summed E-state index contributed by atoms with van der Waals surface area (Å²) >= 11 is 2.57. The predicted octanol–water partition coefficient (Wildman–Crippen LogP) is 4.06. The summed E-state index contributed by atoms with van der Waals surface area (Å²) in [6, 6.07) is 15.2. The lowest BCUT2D eigenvalue weighted by atomic mass is 10.2. The Kier molecular flexibility index (Phi) is 6.87. The lowest BCUT2D eigenvalue weighted by Crippen LogP contribution is -2.26. The van der Waals surface area contributed by atoms with E-state index in [0.29, 0.717) is 28.5 Å². The number of thioether (sulfide) groups is 1. The SMILES string of the molecule is COc1ccc(Cn2c(SCC(=O)NCc3ccc(F)cc3)nc3ccsc3c2=O)cc1. The van der Waals surface area contributed by atoms with Crippen LogP contribution in [0.25, 0.3) is 10.2 Å². The highest BCUT2D eigenvalue weighted by Gasteiger charge is 2.15. The number of carbonyl (C=O) groups is 1. The van der Waals surface area contributed by atoms with Crippen LogP contribution in [-0.4, -0.2) is 28.3 Å². The summed E-state index contributed by atoms with van der Waals surface area (Å²) in [5.41, 5.74) is 2.22. The lowest BCUT2D eigenvalue weighted by molar-refractivity contribution is -0.118. The first-order valence-electron chi connectivity index (χ1n) is 9.78. The van der Waals surface area contributed by atoms with Gasteiger partial charge >= 0.3 is 0 Å². The summed E-state index contributed by atoms with van der Waals surface area (Å²) < 4.78 is 20.4. The van der Waals surface area contributed by atoms with Gasteiger partial charge in [-0.05, 0) is 46.8 Å². The van der Waals surface area contributed by atoms with Gasteiger partial charge in [0.15, 0.2) is 5.16 Å². The zero-order chi connectivity index (χ0) is 22.5. The molecule has 6 nitrogen and oxygen atoms in total. The molecule has 0 saturated heterocycles. The van der Waals surface area contributed by atoms with Gasteiger partial charge in [-0.2, -0.15) is 0 Å². The molecular formula is C23H20FN3O3S2. The molecule has 9 heteroatoms. The van der Waals surface area contributed by atoms with E-state index in [1.54, 1.807) is 29.9 Å². The van der Waals surface area contributed by atoms with Gasteiger partial charge in [-0.15, -0.1) is 11.3 Å². The van der Waals surface area contributed by atoms with Crippen LogP contribution < -0.4 is 15.6 Å². The number of methoxy groups -OCH3 is 1. The third-order valence-electron chi connectivity index (χ3n) is 4.77. The minimum absolute atomic E-state index is 0.103. The summed E-state index contributed by atoms with van der Waals surface area (Å²) in [7, 11) is 1.60. The Labute approximate surface area is 192 Å². The van der Waals surface area contributed by atoms with Crippen molar-refractivity contribution in [2.45, 2.75) is 18.2 Å². The van der Waals surface area contributed by atoms with Crippen LogP contribution in [0.1, 0.15) is 11.1 Å². The molecule has 1 N–H and O–H groups in total. The molecule has 0 fully saturated rings. The number of aromatic nitrogens is 2. The monoisotopic (exact) mass is 469 g/mol. The van der Waals surface area contributed by atoms with Crippen molar-refractivity contribution in [3.05, 3.63) is 87.3 Å². The minimum Gasteiger partial charge on any atom is -0.497 e. The number of nitrogens with zero attached hydrogens (tertiary/aromatic N) is 2. The molecule has 0 saturated carbocycles. The second-order valence-electron chi connectivity index (χ2n) is 6.96. The highest BCUT2D eigenvalue weighted by molar-refractivity contribution is 7.99. The molecule has 0 atom stereocenters. The van der Waals surface area contributed by atoms with Gasteiger partial charge in [0.2, 0.25) is 5.91 Å². The maximum atomic E-state index is 13.1. The van der Waals surface area contributed by atoms with Crippen molar-refractivity contribution in [1.82, 2.24) is 14.9 Å². The maximum absolute atomic E-state index is 13.1. The Morgan fingerprint density at radius 1 is 1.12 bits per heavy atom. The highest BCUT2D eigenvalue weighted by Crippen LogP contribution is 2.22. The van der Waals surface area contributed by atoms with Gasteiger partial charge in [-0.3, -0.25) is 14.2 Å². The van der Waals surface area contributed by atoms with Gasteiger partial charge in [0, 0.05) is 6.54 Å². The first-order valence-corrected chi connectivity index (χ1v) is 11.6. The largest absolute Gasteiger partial charge is 0.497 e. The van der Waals surface area contributed by atoms with E-state index in [1.165, 1.54) is 35.2 Å². The second-order valence-corrected chi connectivity index (χ2v) is 8.82. The zero-order valence-electron chi connectivity index (χ0n) is 17.2. The van der Waals surface area contributed by atoms with E-state index in [2.05, 4.69) is 10.3 Å². The predicted molar refractivity (Wildman–Crippen MR) is 125 cm³/mol. The van der Waals surface area contributed by atoms with Crippen LogP contribution in [0.4, 0.5) is 4.39 Å². The van der Waals surface area contributed by atoms with Crippen molar-refractivity contribution in [1.29, 1.82) is 0 Å². The Morgan fingerprint density at radius 2 is 1.84 bits per heavy atom. The summed E-state index contributed by atoms with van der Waals surface area (Å²) in [6.45, 7) is 0.637. The minimum atomic E-state index is -0.319. The number of thiophene rings is 1. The smallest absolute Gasteiger partial charge is 0.272 e. The fourth-order valence-corrected chi connectivity index (χ4v) is 4.68.